The molecular weight excluding hydrogens is 296 g/mol. The number of aryl methyl sites for hydroxylation is 3. The highest BCUT2D eigenvalue weighted by atomic mass is 16.5. The molecule has 3 nitrogen and oxygen atoms in total. The molecule has 1 aliphatic heterocycles. The van der Waals surface area contributed by atoms with Crippen molar-refractivity contribution in [2.24, 2.45) is 7.05 Å². The van der Waals surface area contributed by atoms with Gasteiger partial charge in [0.2, 0.25) is 5.69 Å². The first-order chi connectivity index (χ1) is 11.6. The molecule has 0 saturated carbocycles. The Kier molecular flexibility index (Phi) is 3.28. The van der Waals surface area contributed by atoms with Gasteiger partial charge in [-0.25, -0.2) is 4.57 Å². The second-order valence-electron chi connectivity index (χ2n) is 6.61. The molecule has 0 bridgehead atoms. The Morgan fingerprint density at radius 3 is 2.83 bits per heavy atom. The summed E-state index contributed by atoms with van der Waals surface area (Å²) in [5.41, 5.74) is 6.72. The van der Waals surface area contributed by atoms with Crippen LogP contribution in [0.5, 0.6) is 5.75 Å². The molecule has 3 heteroatoms. The van der Waals surface area contributed by atoms with Gasteiger partial charge >= 0.3 is 0 Å². The number of allylic oxidation sites excluding steroid dienone is 2. The number of pyridine rings is 1. The van der Waals surface area contributed by atoms with Crippen LogP contribution < -0.4 is 9.30 Å². The maximum Gasteiger partial charge on any atom is 0.212 e. The third kappa shape index (κ3) is 2.23. The zero-order chi connectivity index (χ0) is 16.8. The SMILES string of the molecule is Cc1cc[n+](C)c(-c2cc3c(cc2C)C2C=CC(C#N)=CC2O3)c1. The molecule has 24 heavy (non-hydrogen) atoms. The molecule has 4 rings (SSSR count). The van der Waals surface area contributed by atoms with Crippen LogP contribution in [0, 0.1) is 25.2 Å². The fraction of sp³-hybridized carbons (Fsp3) is 0.238. The Morgan fingerprint density at radius 1 is 1.21 bits per heavy atom. The summed E-state index contributed by atoms with van der Waals surface area (Å²) in [7, 11) is 2.06. The van der Waals surface area contributed by atoms with Crippen LogP contribution in [0.3, 0.4) is 0 Å². The first-order valence-electron chi connectivity index (χ1n) is 8.15. The summed E-state index contributed by atoms with van der Waals surface area (Å²) in [6, 6.07) is 10.9. The highest BCUT2D eigenvalue weighted by molar-refractivity contribution is 5.67. The average Bonchev–Trinajstić information content (AvgIpc) is 2.93. The Hall–Kier alpha value is -2.86. The first kappa shape index (κ1) is 14.7. The van der Waals surface area contributed by atoms with Crippen LogP contribution in [-0.2, 0) is 7.05 Å². The molecule has 2 heterocycles. The number of benzene rings is 1. The van der Waals surface area contributed by atoms with Crippen LogP contribution >= 0.6 is 0 Å². The maximum absolute atomic E-state index is 9.09. The minimum atomic E-state index is -0.0689. The van der Waals surface area contributed by atoms with E-state index >= 15 is 0 Å². The van der Waals surface area contributed by atoms with Gasteiger partial charge in [0.1, 0.15) is 18.9 Å². The summed E-state index contributed by atoms with van der Waals surface area (Å²) in [6.07, 6.45) is 7.92. The van der Waals surface area contributed by atoms with Crippen molar-refractivity contribution in [3.8, 4) is 23.1 Å². The molecule has 2 unspecified atom stereocenters. The first-order valence-corrected chi connectivity index (χ1v) is 8.15. The maximum atomic E-state index is 9.09. The minimum Gasteiger partial charge on any atom is -0.485 e. The van der Waals surface area contributed by atoms with E-state index in [1.807, 2.05) is 12.2 Å². The summed E-state index contributed by atoms with van der Waals surface area (Å²) in [5.74, 6) is 1.13. The molecule has 0 amide bonds. The number of hydrogen-bond donors (Lipinski definition) is 0. The van der Waals surface area contributed by atoms with Crippen molar-refractivity contribution >= 4 is 0 Å². The zero-order valence-electron chi connectivity index (χ0n) is 14.1. The molecule has 1 aliphatic carbocycles. The van der Waals surface area contributed by atoms with E-state index in [1.165, 1.54) is 27.9 Å². The van der Waals surface area contributed by atoms with E-state index in [0.29, 0.717) is 5.57 Å². The van der Waals surface area contributed by atoms with Crippen LogP contribution in [0.15, 0.2) is 54.3 Å². The van der Waals surface area contributed by atoms with Gasteiger partial charge in [0.25, 0.3) is 0 Å². The van der Waals surface area contributed by atoms with E-state index in [1.54, 1.807) is 0 Å². The number of aromatic nitrogens is 1. The van der Waals surface area contributed by atoms with Crippen molar-refractivity contribution in [1.82, 2.24) is 0 Å². The molecule has 0 fully saturated rings. The Balaban J connectivity index is 1.82. The summed E-state index contributed by atoms with van der Waals surface area (Å²) < 4.78 is 8.28. The lowest BCUT2D eigenvalue weighted by Crippen LogP contribution is -2.30. The van der Waals surface area contributed by atoms with Gasteiger partial charge in [-0.05, 0) is 43.2 Å². The fourth-order valence-corrected chi connectivity index (χ4v) is 3.55. The van der Waals surface area contributed by atoms with Gasteiger partial charge in [0.05, 0.1) is 17.2 Å². The third-order valence-corrected chi connectivity index (χ3v) is 4.87. The standard InChI is InChI=1S/C21H19N2O/c1-13-6-7-23(3)19(8-13)17-11-21-18(9-14(17)2)16-5-4-15(12-22)10-20(16)24-21/h4-11,16,20H,1-3H3/q+1. The fourth-order valence-electron chi connectivity index (χ4n) is 3.55. The monoisotopic (exact) mass is 315 g/mol. The molecular formula is C21H19N2O+. The van der Waals surface area contributed by atoms with E-state index in [0.717, 1.165) is 5.75 Å². The predicted molar refractivity (Wildman–Crippen MR) is 92.5 cm³/mol. The largest absolute Gasteiger partial charge is 0.485 e. The second-order valence-corrected chi connectivity index (χ2v) is 6.61. The van der Waals surface area contributed by atoms with Crippen molar-refractivity contribution in [2.45, 2.75) is 25.9 Å². The third-order valence-electron chi connectivity index (χ3n) is 4.87. The number of fused-ring (bicyclic) bond motifs is 3. The van der Waals surface area contributed by atoms with Crippen LogP contribution in [0.4, 0.5) is 0 Å². The van der Waals surface area contributed by atoms with Gasteiger partial charge < -0.3 is 4.74 Å². The zero-order valence-corrected chi connectivity index (χ0v) is 14.1. The molecule has 0 saturated heterocycles. The van der Waals surface area contributed by atoms with Crippen molar-refractivity contribution < 1.29 is 9.30 Å². The summed E-state index contributed by atoms with van der Waals surface area (Å²) in [5, 5.41) is 9.09. The molecule has 118 valence electrons. The number of rotatable bonds is 1. The van der Waals surface area contributed by atoms with Crippen molar-refractivity contribution in [2.75, 3.05) is 0 Å². The van der Waals surface area contributed by atoms with Crippen LogP contribution in [0.25, 0.3) is 11.3 Å². The van der Waals surface area contributed by atoms with Gasteiger partial charge in [-0.3, -0.25) is 0 Å². The van der Waals surface area contributed by atoms with Crippen molar-refractivity contribution in [3.05, 3.63) is 71.0 Å². The van der Waals surface area contributed by atoms with Gasteiger partial charge in [0.15, 0.2) is 6.20 Å². The van der Waals surface area contributed by atoms with E-state index in [4.69, 9.17) is 10.00 Å². The second kappa shape index (κ2) is 5.35. The number of nitriles is 1. The highest BCUT2D eigenvalue weighted by Gasteiger charge is 2.34. The number of nitrogens with zero attached hydrogens (tertiary/aromatic N) is 2. The van der Waals surface area contributed by atoms with E-state index < -0.39 is 0 Å². The summed E-state index contributed by atoms with van der Waals surface area (Å²) in [6.45, 7) is 4.25. The molecule has 0 N–H and O–H groups in total. The lowest BCUT2D eigenvalue weighted by molar-refractivity contribution is -0.660. The Bertz CT molecular complexity index is 947. The number of hydrogen-bond acceptors (Lipinski definition) is 2. The molecule has 2 atom stereocenters. The molecule has 2 aliphatic rings. The van der Waals surface area contributed by atoms with E-state index in [-0.39, 0.29) is 12.0 Å². The smallest absolute Gasteiger partial charge is 0.212 e. The topological polar surface area (TPSA) is 36.9 Å². The molecule has 0 radical (unpaired) electrons. The van der Waals surface area contributed by atoms with Crippen LogP contribution in [0.2, 0.25) is 0 Å². The van der Waals surface area contributed by atoms with Gasteiger partial charge in [-0.2, -0.15) is 5.26 Å². The van der Waals surface area contributed by atoms with E-state index in [9.17, 15) is 0 Å². The van der Waals surface area contributed by atoms with E-state index in [2.05, 4.69) is 68.1 Å². The molecule has 1 aromatic heterocycles. The van der Waals surface area contributed by atoms with Gasteiger partial charge in [-0.1, -0.05) is 12.1 Å². The van der Waals surface area contributed by atoms with Gasteiger partial charge in [0, 0.05) is 23.6 Å². The Labute approximate surface area is 142 Å². The summed E-state index contributed by atoms with van der Waals surface area (Å²) in [4.78, 5) is 0. The number of ether oxygens (including phenoxy) is 1. The van der Waals surface area contributed by atoms with Crippen molar-refractivity contribution in [1.29, 1.82) is 5.26 Å². The lowest BCUT2D eigenvalue weighted by atomic mass is 9.88. The molecule has 1 aromatic carbocycles. The predicted octanol–water partition coefficient (Wildman–Crippen LogP) is 3.66. The summed E-state index contributed by atoms with van der Waals surface area (Å²) >= 11 is 0. The van der Waals surface area contributed by atoms with Gasteiger partial charge in [-0.15, -0.1) is 0 Å². The highest BCUT2D eigenvalue weighted by Crippen LogP contribution is 2.44. The minimum absolute atomic E-state index is 0.0689. The quantitative estimate of drug-likeness (QED) is 0.753. The molecule has 0 spiro atoms. The average molecular weight is 315 g/mol. The van der Waals surface area contributed by atoms with Crippen LogP contribution in [0.1, 0.15) is 22.6 Å². The normalized spacial score (nSPS) is 20.7. The lowest BCUT2D eigenvalue weighted by Gasteiger charge is -2.15. The molecule has 2 aromatic rings. The Morgan fingerprint density at radius 2 is 2.04 bits per heavy atom. The van der Waals surface area contributed by atoms with Crippen molar-refractivity contribution in [3.63, 3.8) is 0 Å². The van der Waals surface area contributed by atoms with Crippen LogP contribution in [-0.4, -0.2) is 6.10 Å².